The lowest BCUT2D eigenvalue weighted by Gasteiger charge is -2.17. The molecule has 0 aliphatic carbocycles. The summed E-state index contributed by atoms with van der Waals surface area (Å²) in [4.78, 5) is 4.33. The van der Waals surface area contributed by atoms with Crippen LogP contribution in [0.1, 0.15) is 20.3 Å². The van der Waals surface area contributed by atoms with Crippen molar-refractivity contribution in [2.45, 2.75) is 32.4 Å². The van der Waals surface area contributed by atoms with Crippen molar-refractivity contribution in [1.29, 1.82) is 0 Å². The highest BCUT2D eigenvalue weighted by atomic mass is 16.5. The Morgan fingerprint density at radius 1 is 1.56 bits per heavy atom. The molecule has 0 spiro atoms. The van der Waals surface area contributed by atoms with E-state index < -0.39 is 0 Å². The summed E-state index contributed by atoms with van der Waals surface area (Å²) in [5.41, 5.74) is 0. The monoisotopic (exact) mass is 221 g/mol. The van der Waals surface area contributed by atoms with Gasteiger partial charge in [-0.3, -0.25) is 0 Å². The fourth-order valence-corrected chi connectivity index (χ4v) is 1.82. The molecule has 1 atom stereocenters. The second kappa shape index (κ2) is 5.16. The second-order valence-electron chi connectivity index (χ2n) is 4.35. The molecule has 0 bridgehead atoms. The summed E-state index contributed by atoms with van der Waals surface area (Å²) < 4.78 is 5.71. The van der Waals surface area contributed by atoms with E-state index in [1.165, 1.54) is 0 Å². The molecule has 88 valence electrons. The van der Waals surface area contributed by atoms with Crippen molar-refractivity contribution in [2.75, 3.05) is 18.4 Å². The predicted octanol–water partition coefficient (Wildman–Crippen LogP) is 1.64. The topological polar surface area (TPSA) is 46.2 Å². The Balaban J connectivity index is 2.06. The Kier molecular flexibility index (Phi) is 3.62. The third-order valence-electron chi connectivity index (χ3n) is 2.53. The lowest BCUT2D eigenvalue weighted by molar-refractivity contribution is 0.242. The van der Waals surface area contributed by atoms with Crippen LogP contribution in [0.2, 0.25) is 0 Å². The van der Waals surface area contributed by atoms with Gasteiger partial charge in [0.1, 0.15) is 0 Å². The lowest BCUT2D eigenvalue weighted by Crippen LogP contribution is -2.23. The van der Waals surface area contributed by atoms with E-state index in [0.717, 1.165) is 31.1 Å². The van der Waals surface area contributed by atoms with E-state index in [0.29, 0.717) is 6.04 Å². The summed E-state index contributed by atoms with van der Waals surface area (Å²) in [6.45, 7) is 6.12. The predicted molar refractivity (Wildman–Crippen MR) is 64.9 cm³/mol. The van der Waals surface area contributed by atoms with Crippen LogP contribution >= 0.6 is 0 Å². The van der Waals surface area contributed by atoms with Gasteiger partial charge in [0.05, 0.1) is 6.10 Å². The minimum absolute atomic E-state index is 0.173. The van der Waals surface area contributed by atoms with E-state index in [2.05, 4.69) is 15.6 Å². The first-order valence-corrected chi connectivity index (χ1v) is 5.84. The molecule has 1 aromatic rings. The van der Waals surface area contributed by atoms with E-state index in [1.54, 1.807) is 6.20 Å². The van der Waals surface area contributed by atoms with Gasteiger partial charge in [0, 0.05) is 18.8 Å². The third-order valence-corrected chi connectivity index (χ3v) is 2.53. The summed E-state index contributed by atoms with van der Waals surface area (Å²) in [5.74, 6) is 1.69. The molecule has 1 aliphatic heterocycles. The largest absolute Gasteiger partial charge is 0.487 e. The fourth-order valence-electron chi connectivity index (χ4n) is 1.82. The smallest absolute Gasteiger partial charge is 0.169 e. The number of pyridine rings is 1. The summed E-state index contributed by atoms with van der Waals surface area (Å²) in [5, 5.41) is 6.74. The minimum atomic E-state index is 0.173. The van der Waals surface area contributed by atoms with Crippen LogP contribution in [0.5, 0.6) is 5.75 Å². The van der Waals surface area contributed by atoms with Crippen molar-refractivity contribution in [3.63, 3.8) is 0 Å². The number of aromatic nitrogens is 1. The molecule has 2 heterocycles. The Hall–Kier alpha value is -1.29. The zero-order valence-corrected chi connectivity index (χ0v) is 9.86. The Morgan fingerprint density at radius 3 is 3.12 bits per heavy atom. The number of hydrogen-bond acceptors (Lipinski definition) is 4. The SMILES string of the molecule is CC(C)Oc1cccnc1NC1CCNC1. The maximum Gasteiger partial charge on any atom is 0.169 e. The molecule has 1 fully saturated rings. The maximum absolute atomic E-state index is 5.71. The molecule has 16 heavy (non-hydrogen) atoms. The van der Waals surface area contributed by atoms with Gasteiger partial charge in [-0.2, -0.15) is 0 Å². The van der Waals surface area contributed by atoms with Gasteiger partial charge in [-0.15, -0.1) is 0 Å². The number of nitrogens with zero attached hydrogens (tertiary/aromatic N) is 1. The van der Waals surface area contributed by atoms with E-state index in [1.807, 2.05) is 26.0 Å². The Morgan fingerprint density at radius 2 is 2.44 bits per heavy atom. The van der Waals surface area contributed by atoms with Crippen LogP contribution in [0.3, 0.4) is 0 Å². The third kappa shape index (κ3) is 2.85. The molecule has 4 nitrogen and oxygen atoms in total. The van der Waals surface area contributed by atoms with Gasteiger partial charge in [-0.05, 0) is 38.9 Å². The van der Waals surface area contributed by atoms with Gasteiger partial charge in [0.2, 0.25) is 0 Å². The van der Waals surface area contributed by atoms with Crippen LogP contribution < -0.4 is 15.4 Å². The molecule has 1 saturated heterocycles. The molecule has 1 aromatic heterocycles. The van der Waals surface area contributed by atoms with Gasteiger partial charge >= 0.3 is 0 Å². The molecule has 2 N–H and O–H groups in total. The zero-order valence-electron chi connectivity index (χ0n) is 9.86. The fraction of sp³-hybridized carbons (Fsp3) is 0.583. The van der Waals surface area contributed by atoms with Gasteiger partial charge in [0.15, 0.2) is 11.6 Å². The standard InChI is InChI=1S/C12H19N3O/c1-9(2)16-11-4-3-6-14-12(11)15-10-5-7-13-8-10/h3-4,6,9-10,13H,5,7-8H2,1-2H3,(H,14,15). The number of ether oxygens (including phenoxy) is 1. The number of rotatable bonds is 4. The maximum atomic E-state index is 5.71. The first kappa shape index (κ1) is 11.2. The minimum Gasteiger partial charge on any atom is -0.487 e. The normalized spacial score (nSPS) is 20.1. The number of anilines is 1. The Labute approximate surface area is 96.4 Å². The van der Waals surface area contributed by atoms with Crippen molar-refractivity contribution in [3.8, 4) is 5.75 Å². The van der Waals surface area contributed by atoms with Gasteiger partial charge < -0.3 is 15.4 Å². The second-order valence-corrected chi connectivity index (χ2v) is 4.35. The van der Waals surface area contributed by atoms with Gasteiger partial charge in [-0.25, -0.2) is 4.98 Å². The molecule has 1 aliphatic rings. The lowest BCUT2D eigenvalue weighted by atomic mass is 10.2. The highest BCUT2D eigenvalue weighted by Gasteiger charge is 2.16. The zero-order chi connectivity index (χ0) is 11.4. The van der Waals surface area contributed by atoms with Crippen molar-refractivity contribution in [1.82, 2.24) is 10.3 Å². The van der Waals surface area contributed by atoms with Crippen molar-refractivity contribution in [3.05, 3.63) is 18.3 Å². The van der Waals surface area contributed by atoms with E-state index in [-0.39, 0.29) is 6.10 Å². The number of hydrogen-bond donors (Lipinski definition) is 2. The quantitative estimate of drug-likeness (QED) is 0.811. The average molecular weight is 221 g/mol. The Bertz CT molecular complexity index is 335. The first-order valence-electron chi connectivity index (χ1n) is 5.84. The molecule has 0 aromatic carbocycles. The van der Waals surface area contributed by atoms with Crippen LogP contribution in [-0.2, 0) is 0 Å². The summed E-state index contributed by atoms with van der Waals surface area (Å²) in [6.07, 6.45) is 3.10. The van der Waals surface area contributed by atoms with E-state index in [4.69, 9.17) is 4.74 Å². The molecule has 0 saturated carbocycles. The molecule has 0 radical (unpaired) electrons. The summed E-state index contributed by atoms with van der Waals surface area (Å²) >= 11 is 0. The van der Waals surface area contributed by atoms with E-state index >= 15 is 0 Å². The molecule has 4 heteroatoms. The molecule has 0 amide bonds. The highest BCUT2D eigenvalue weighted by Crippen LogP contribution is 2.23. The molecule has 2 rings (SSSR count). The molecule has 1 unspecified atom stereocenters. The highest BCUT2D eigenvalue weighted by molar-refractivity contribution is 5.50. The number of nitrogens with one attached hydrogen (secondary N) is 2. The first-order chi connectivity index (χ1) is 7.75. The summed E-state index contributed by atoms with van der Waals surface area (Å²) in [6, 6.07) is 4.32. The van der Waals surface area contributed by atoms with E-state index in [9.17, 15) is 0 Å². The van der Waals surface area contributed by atoms with Gasteiger partial charge in [-0.1, -0.05) is 0 Å². The summed E-state index contributed by atoms with van der Waals surface area (Å²) in [7, 11) is 0. The molecular formula is C12H19N3O. The van der Waals surface area contributed by atoms with Crippen LogP contribution in [0.4, 0.5) is 5.82 Å². The van der Waals surface area contributed by atoms with Crippen molar-refractivity contribution >= 4 is 5.82 Å². The van der Waals surface area contributed by atoms with Crippen molar-refractivity contribution in [2.24, 2.45) is 0 Å². The average Bonchev–Trinajstić information content (AvgIpc) is 2.73. The molecular weight excluding hydrogens is 202 g/mol. The van der Waals surface area contributed by atoms with Gasteiger partial charge in [0.25, 0.3) is 0 Å². The van der Waals surface area contributed by atoms with Crippen LogP contribution in [0, 0.1) is 0 Å². The van der Waals surface area contributed by atoms with Crippen LogP contribution in [0.25, 0.3) is 0 Å². The van der Waals surface area contributed by atoms with Crippen LogP contribution in [-0.4, -0.2) is 30.2 Å². The van der Waals surface area contributed by atoms with Crippen molar-refractivity contribution < 1.29 is 4.74 Å². The van der Waals surface area contributed by atoms with Crippen LogP contribution in [0.15, 0.2) is 18.3 Å².